The van der Waals surface area contributed by atoms with Crippen molar-refractivity contribution in [1.29, 1.82) is 0 Å². The number of H-pyrrole nitrogens is 1. The Morgan fingerprint density at radius 3 is 2.24 bits per heavy atom. The Kier molecular flexibility index (Phi) is 4.50. The second-order valence-electron chi connectivity index (χ2n) is 3.23. The van der Waals surface area contributed by atoms with Gasteiger partial charge in [-0.05, 0) is 23.8 Å². The zero-order valence-corrected chi connectivity index (χ0v) is 9.09. The number of aromatic carboxylic acids is 1. The highest BCUT2D eigenvalue weighted by molar-refractivity contribution is 5.86. The highest BCUT2D eigenvalue weighted by Crippen LogP contribution is 2.04. The number of carbonyl (C=O) groups is 1. The van der Waals surface area contributed by atoms with E-state index in [1.165, 1.54) is 12.1 Å². The number of hydrogen-bond acceptors (Lipinski definition) is 4. The fourth-order valence-electron chi connectivity index (χ4n) is 1.07. The number of pyridine rings is 1. The minimum absolute atomic E-state index is 0.111. The van der Waals surface area contributed by atoms with Crippen LogP contribution in [0.3, 0.4) is 0 Å². The summed E-state index contributed by atoms with van der Waals surface area (Å²) in [5.74, 6) is -0.505. The molecule has 5 heteroatoms. The first-order chi connectivity index (χ1) is 8.09. The Bertz CT molecular complexity index is 486. The minimum Gasteiger partial charge on any atom is -0.545 e. The molecule has 0 saturated carbocycles. The van der Waals surface area contributed by atoms with Crippen molar-refractivity contribution in [3.63, 3.8) is 0 Å². The number of aromatic amines is 1. The van der Waals surface area contributed by atoms with E-state index in [0.717, 1.165) is 0 Å². The van der Waals surface area contributed by atoms with Gasteiger partial charge < -0.3 is 15.6 Å². The first-order valence-electron chi connectivity index (χ1n) is 4.88. The van der Waals surface area contributed by atoms with Gasteiger partial charge in [0.2, 0.25) is 0 Å². The lowest BCUT2D eigenvalue weighted by atomic mass is 10.2. The molecule has 2 rings (SSSR count). The van der Waals surface area contributed by atoms with E-state index >= 15 is 0 Å². The number of carbonyl (C=O) groups excluding carboxylic acids is 1. The highest BCUT2D eigenvalue weighted by atomic mass is 16.4. The van der Waals surface area contributed by atoms with E-state index < -0.39 is 5.97 Å². The van der Waals surface area contributed by atoms with Crippen molar-refractivity contribution in [2.75, 3.05) is 11.5 Å². The molecule has 5 N–H and O–H groups in total. The van der Waals surface area contributed by atoms with Crippen LogP contribution in [0.1, 0.15) is 10.4 Å². The zero-order chi connectivity index (χ0) is 12.7. The number of benzene rings is 1. The van der Waals surface area contributed by atoms with Gasteiger partial charge >= 0.3 is 0 Å². The van der Waals surface area contributed by atoms with Crippen LogP contribution >= 0.6 is 0 Å². The molecule has 1 aromatic carbocycles. The third kappa shape index (κ3) is 4.65. The summed E-state index contributed by atoms with van der Waals surface area (Å²) in [5.41, 5.74) is 11.2. The van der Waals surface area contributed by atoms with Crippen molar-refractivity contribution in [2.24, 2.45) is 0 Å². The number of aromatic nitrogens is 1. The maximum atomic E-state index is 10.2. The standard InChI is InChI=1S/C7H7NO2.C5H6N2/c8-6-3-1-2-5(4-6)7(9)10;6-5-3-1-2-4-7-5/h1-4H,8H2,(H,9,10);1-4H,(H2,6,7). The summed E-state index contributed by atoms with van der Waals surface area (Å²) in [5, 5.41) is 10.2. The van der Waals surface area contributed by atoms with Gasteiger partial charge in [-0.3, -0.25) is 5.73 Å². The average molecular weight is 231 g/mol. The Morgan fingerprint density at radius 1 is 1.12 bits per heavy atom. The van der Waals surface area contributed by atoms with Gasteiger partial charge in [0.15, 0.2) is 0 Å². The fraction of sp³-hybridized carbons (Fsp3) is 0. The number of nitrogen functional groups attached to an aromatic ring is 2. The molecular weight excluding hydrogens is 218 g/mol. The third-order valence-corrected chi connectivity index (χ3v) is 1.86. The second kappa shape index (κ2) is 6.12. The van der Waals surface area contributed by atoms with Gasteiger partial charge in [-0.1, -0.05) is 18.2 Å². The first-order valence-corrected chi connectivity index (χ1v) is 4.88. The van der Waals surface area contributed by atoms with Crippen LogP contribution in [-0.4, -0.2) is 5.97 Å². The minimum atomic E-state index is -1.20. The highest BCUT2D eigenvalue weighted by Gasteiger charge is 1.90. The molecule has 0 unspecified atom stereocenters. The summed E-state index contributed by atoms with van der Waals surface area (Å²) in [6.45, 7) is 0. The number of nitrogens with one attached hydrogen (secondary N) is 1. The van der Waals surface area contributed by atoms with Gasteiger partial charge in [0.05, 0.1) is 12.2 Å². The van der Waals surface area contributed by atoms with Gasteiger partial charge in [-0.25, -0.2) is 4.98 Å². The van der Waals surface area contributed by atoms with Gasteiger partial charge in [0.1, 0.15) is 0 Å². The van der Waals surface area contributed by atoms with Gasteiger partial charge in [0, 0.05) is 11.8 Å². The van der Waals surface area contributed by atoms with Crippen LogP contribution in [-0.2, 0) is 0 Å². The van der Waals surface area contributed by atoms with Crippen molar-refractivity contribution >= 4 is 17.5 Å². The van der Waals surface area contributed by atoms with E-state index in [4.69, 9.17) is 11.5 Å². The molecule has 1 heterocycles. The summed E-state index contributed by atoms with van der Waals surface area (Å²) in [6, 6.07) is 11.6. The van der Waals surface area contributed by atoms with E-state index in [1.54, 1.807) is 24.4 Å². The van der Waals surface area contributed by atoms with E-state index in [1.807, 2.05) is 12.1 Å². The zero-order valence-electron chi connectivity index (χ0n) is 9.09. The number of nitrogens with two attached hydrogens (primary N) is 2. The molecular formula is C12H13N3O2. The molecule has 0 amide bonds. The van der Waals surface area contributed by atoms with E-state index in [9.17, 15) is 9.90 Å². The van der Waals surface area contributed by atoms with Crippen LogP contribution < -0.4 is 21.6 Å². The van der Waals surface area contributed by atoms with Gasteiger partial charge in [-0.2, -0.15) is 0 Å². The fourth-order valence-corrected chi connectivity index (χ4v) is 1.07. The van der Waals surface area contributed by atoms with E-state index in [2.05, 4.69) is 4.98 Å². The number of carboxylic acids is 1. The van der Waals surface area contributed by atoms with Crippen molar-refractivity contribution in [2.45, 2.75) is 0 Å². The Labute approximate surface area is 98.7 Å². The van der Waals surface area contributed by atoms with E-state index in [-0.39, 0.29) is 5.56 Å². The lowest BCUT2D eigenvalue weighted by Crippen LogP contribution is -2.22. The number of carboxylic acid groups (broad SMARTS) is 1. The predicted molar refractivity (Wildman–Crippen MR) is 62.6 cm³/mol. The molecule has 0 aliphatic rings. The topological polar surface area (TPSA) is 106 Å². The monoisotopic (exact) mass is 231 g/mol. The molecule has 0 atom stereocenters. The van der Waals surface area contributed by atoms with Gasteiger partial charge in [-0.15, -0.1) is 0 Å². The van der Waals surface area contributed by atoms with Crippen molar-refractivity contribution in [1.82, 2.24) is 0 Å². The molecule has 0 radical (unpaired) electrons. The molecule has 1 aromatic heterocycles. The molecule has 2 aromatic rings. The summed E-state index contributed by atoms with van der Waals surface area (Å²) >= 11 is 0. The number of rotatable bonds is 1. The SMILES string of the molecule is Nc1cccc(C(=O)[O-])c1.Nc1cccc[nH+]1. The molecule has 17 heavy (non-hydrogen) atoms. The van der Waals surface area contributed by atoms with E-state index in [0.29, 0.717) is 11.5 Å². The summed E-state index contributed by atoms with van der Waals surface area (Å²) in [4.78, 5) is 13.0. The maximum Gasteiger partial charge on any atom is 0.269 e. The molecule has 0 fully saturated rings. The van der Waals surface area contributed by atoms with Crippen LogP contribution in [0, 0.1) is 0 Å². The predicted octanol–water partition coefficient (Wildman–Crippen LogP) is -0.285. The van der Waals surface area contributed by atoms with Crippen LogP contribution in [0.5, 0.6) is 0 Å². The quantitative estimate of drug-likeness (QED) is 0.658. The lowest BCUT2D eigenvalue weighted by Gasteiger charge is -2.00. The molecule has 0 spiro atoms. The van der Waals surface area contributed by atoms with Crippen molar-refractivity contribution in [3.05, 3.63) is 54.2 Å². The van der Waals surface area contributed by atoms with Crippen LogP contribution in [0.15, 0.2) is 48.7 Å². The van der Waals surface area contributed by atoms with Gasteiger partial charge in [0.25, 0.3) is 5.82 Å². The number of anilines is 2. The largest absolute Gasteiger partial charge is 0.545 e. The third-order valence-electron chi connectivity index (χ3n) is 1.86. The molecule has 88 valence electrons. The number of hydrogen-bond donors (Lipinski definition) is 2. The normalized spacial score (nSPS) is 8.94. The van der Waals surface area contributed by atoms with Crippen molar-refractivity contribution < 1.29 is 14.9 Å². The molecule has 5 nitrogen and oxygen atoms in total. The maximum absolute atomic E-state index is 10.2. The molecule has 0 saturated heterocycles. The summed E-state index contributed by atoms with van der Waals surface area (Å²) in [6.07, 6.45) is 1.79. The Hall–Kier alpha value is -2.56. The van der Waals surface area contributed by atoms with Crippen LogP contribution in [0.25, 0.3) is 0 Å². The molecule has 0 aliphatic heterocycles. The molecule has 0 bridgehead atoms. The Balaban J connectivity index is 0.000000181. The van der Waals surface area contributed by atoms with Crippen molar-refractivity contribution in [3.8, 4) is 0 Å². The smallest absolute Gasteiger partial charge is 0.269 e. The lowest BCUT2D eigenvalue weighted by molar-refractivity contribution is -0.360. The first kappa shape index (κ1) is 12.5. The summed E-state index contributed by atoms with van der Waals surface area (Å²) < 4.78 is 0. The summed E-state index contributed by atoms with van der Waals surface area (Å²) in [7, 11) is 0. The molecule has 0 aliphatic carbocycles. The van der Waals surface area contributed by atoms with Crippen LogP contribution in [0.2, 0.25) is 0 Å². The Morgan fingerprint density at radius 2 is 1.88 bits per heavy atom. The van der Waals surface area contributed by atoms with Crippen LogP contribution in [0.4, 0.5) is 11.5 Å². The average Bonchev–Trinajstić information content (AvgIpc) is 2.31. The second-order valence-corrected chi connectivity index (χ2v) is 3.23.